The fourth-order valence-corrected chi connectivity index (χ4v) is 8.52. The minimum atomic E-state index is -4.60. The van der Waals surface area contributed by atoms with Crippen LogP contribution in [0.25, 0.3) is 0 Å². The van der Waals surface area contributed by atoms with E-state index < -0.39 is 71.2 Å². The average Bonchev–Trinajstić information content (AvgIpc) is 3.25. The maximum absolute atomic E-state index is 12.9. The third-order valence-corrected chi connectivity index (χ3v) is 12.5. The Balaban J connectivity index is 2.38. The van der Waals surface area contributed by atoms with Crippen LogP contribution in [-0.4, -0.2) is 96.0 Å². The minimum Gasteiger partial charge on any atom is -0.462 e. The van der Waals surface area contributed by atoms with Crippen LogP contribution in [0.2, 0.25) is 0 Å². The van der Waals surface area contributed by atoms with Crippen molar-refractivity contribution in [2.45, 2.75) is 263 Å². The van der Waals surface area contributed by atoms with Crippen molar-refractivity contribution >= 4 is 22.1 Å². The predicted octanol–water partition coefficient (Wildman–Crippen LogP) is 11.2. The highest BCUT2D eigenvalue weighted by Gasteiger charge is 2.46. The molecule has 0 aromatic carbocycles. The first-order valence-electron chi connectivity index (χ1n) is 25.4. The van der Waals surface area contributed by atoms with Crippen LogP contribution in [0, 0.1) is 0 Å². The lowest BCUT2D eigenvalue weighted by Crippen LogP contribution is -2.60. The molecular formula is C50H92O12S. The molecule has 1 rings (SSSR count). The molecular weight excluding hydrogens is 825 g/mol. The lowest BCUT2D eigenvalue weighted by atomic mass is 10.00. The quantitative estimate of drug-likeness (QED) is 0.0197. The monoisotopic (exact) mass is 917 g/mol. The summed E-state index contributed by atoms with van der Waals surface area (Å²) in [5, 5.41) is 31.0. The Morgan fingerprint density at radius 2 is 0.952 bits per heavy atom. The molecule has 2 unspecified atom stereocenters. The van der Waals surface area contributed by atoms with Crippen LogP contribution in [0.3, 0.4) is 0 Å². The van der Waals surface area contributed by atoms with E-state index in [1.807, 2.05) is 0 Å². The number of carbonyl (C=O) groups is 2. The zero-order valence-electron chi connectivity index (χ0n) is 39.7. The van der Waals surface area contributed by atoms with Crippen molar-refractivity contribution in [3.63, 3.8) is 0 Å². The molecule has 4 N–H and O–H groups in total. The number of allylic oxidation sites excluding steroid dienone is 4. The third kappa shape index (κ3) is 35.1. The highest BCUT2D eigenvalue weighted by atomic mass is 32.2. The molecule has 0 aromatic rings. The molecule has 370 valence electrons. The number of aliphatic hydroxyl groups excluding tert-OH is 3. The van der Waals surface area contributed by atoms with Gasteiger partial charge < -0.3 is 34.3 Å². The molecule has 0 spiro atoms. The standard InChI is InChI=1S/C50H92O12S/c1-3-5-7-9-11-13-15-17-19-21-23-24-26-28-30-32-34-36-38-45(51)59-40-43(41-60-50-49(55)48(54)47(53)44(62-50)42-63(56,57)58)61-46(52)39-37-35-33-31-29-27-25-22-20-18-16-14-12-10-8-6-4-2/h12,14,18,20,43-44,47-50,53-55H,3-11,13,15-17,19,21-42H2,1-2H3,(H,56,57,58)/b14-12+,20-18+/t43-,44-,47-,48?,49?,50+/m1/s1. The van der Waals surface area contributed by atoms with Crippen molar-refractivity contribution < 1.29 is 56.8 Å². The van der Waals surface area contributed by atoms with Crippen LogP contribution in [0.15, 0.2) is 24.3 Å². The van der Waals surface area contributed by atoms with Crippen LogP contribution >= 0.6 is 0 Å². The minimum absolute atomic E-state index is 0.158. The van der Waals surface area contributed by atoms with Crippen LogP contribution in [0.1, 0.15) is 226 Å². The zero-order chi connectivity index (χ0) is 46.2. The van der Waals surface area contributed by atoms with Crippen LogP contribution in [-0.2, 0) is 38.7 Å². The summed E-state index contributed by atoms with van der Waals surface area (Å²) in [5.74, 6) is -1.98. The molecule has 13 heteroatoms. The largest absolute Gasteiger partial charge is 0.462 e. The molecule has 0 aliphatic carbocycles. The molecule has 0 radical (unpaired) electrons. The fraction of sp³-hybridized carbons (Fsp3) is 0.880. The van der Waals surface area contributed by atoms with E-state index in [-0.39, 0.29) is 19.4 Å². The van der Waals surface area contributed by atoms with Gasteiger partial charge in [0.1, 0.15) is 36.8 Å². The highest BCUT2D eigenvalue weighted by molar-refractivity contribution is 7.85. The van der Waals surface area contributed by atoms with Gasteiger partial charge in [0, 0.05) is 12.8 Å². The number of hydrogen-bond donors (Lipinski definition) is 4. The maximum atomic E-state index is 12.9. The number of ether oxygens (including phenoxy) is 4. The van der Waals surface area contributed by atoms with Gasteiger partial charge in [0.15, 0.2) is 12.4 Å². The lowest BCUT2D eigenvalue weighted by molar-refractivity contribution is -0.297. The van der Waals surface area contributed by atoms with E-state index in [1.165, 1.54) is 128 Å². The van der Waals surface area contributed by atoms with Gasteiger partial charge in [-0.2, -0.15) is 8.42 Å². The lowest BCUT2D eigenvalue weighted by Gasteiger charge is -2.40. The molecule has 1 aliphatic rings. The molecule has 0 saturated carbocycles. The Hall–Kier alpha value is -1.87. The molecule has 0 amide bonds. The summed E-state index contributed by atoms with van der Waals surface area (Å²) in [4.78, 5) is 25.5. The number of unbranched alkanes of at least 4 members (excludes halogenated alkanes) is 27. The summed E-state index contributed by atoms with van der Waals surface area (Å²) in [6.07, 6.45) is 36.4. The molecule has 1 fully saturated rings. The average molecular weight is 917 g/mol. The highest BCUT2D eigenvalue weighted by Crippen LogP contribution is 2.24. The van der Waals surface area contributed by atoms with Crippen LogP contribution in [0.4, 0.5) is 0 Å². The van der Waals surface area contributed by atoms with Gasteiger partial charge in [-0.25, -0.2) is 0 Å². The molecule has 12 nitrogen and oxygen atoms in total. The molecule has 6 atom stereocenters. The molecule has 0 bridgehead atoms. The van der Waals surface area contributed by atoms with Crippen molar-refractivity contribution in [2.24, 2.45) is 0 Å². The van der Waals surface area contributed by atoms with Gasteiger partial charge in [-0.15, -0.1) is 0 Å². The Kier molecular flexibility index (Phi) is 37.9. The van der Waals surface area contributed by atoms with Crippen molar-refractivity contribution in [1.82, 2.24) is 0 Å². The van der Waals surface area contributed by atoms with Gasteiger partial charge >= 0.3 is 11.9 Å². The van der Waals surface area contributed by atoms with Gasteiger partial charge in [0.25, 0.3) is 10.1 Å². The van der Waals surface area contributed by atoms with E-state index in [9.17, 15) is 37.9 Å². The Morgan fingerprint density at radius 3 is 1.43 bits per heavy atom. The SMILES string of the molecule is CCCCC/C=C/C/C=C/CCCCCCCCCC(=O)O[C@H](COC(=O)CCCCCCCCCCCCCCCCCCCC)CO[C@H]1O[C@H](CS(=O)(=O)O)[C@@H](O)C(O)C1O. The van der Waals surface area contributed by atoms with Gasteiger partial charge in [-0.1, -0.05) is 192 Å². The second-order valence-corrected chi connectivity index (χ2v) is 19.3. The first kappa shape index (κ1) is 59.1. The molecule has 1 heterocycles. The van der Waals surface area contributed by atoms with E-state index in [4.69, 9.17) is 18.9 Å². The van der Waals surface area contributed by atoms with E-state index in [2.05, 4.69) is 38.2 Å². The first-order chi connectivity index (χ1) is 30.5. The summed E-state index contributed by atoms with van der Waals surface area (Å²) < 4.78 is 54.2. The number of carbonyl (C=O) groups excluding carboxylic acids is 2. The van der Waals surface area contributed by atoms with Gasteiger partial charge in [0.05, 0.1) is 6.61 Å². The topological polar surface area (TPSA) is 186 Å². The maximum Gasteiger partial charge on any atom is 0.306 e. The second-order valence-electron chi connectivity index (χ2n) is 17.8. The second kappa shape index (κ2) is 40.4. The Labute approximate surface area is 383 Å². The molecule has 1 aliphatic heterocycles. The van der Waals surface area contributed by atoms with Gasteiger partial charge in [-0.05, 0) is 44.9 Å². The Bertz CT molecular complexity index is 1260. The van der Waals surface area contributed by atoms with Gasteiger partial charge in [-0.3, -0.25) is 14.1 Å². The summed E-state index contributed by atoms with van der Waals surface area (Å²) in [6, 6.07) is 0. The summed E-state index contributed by atoms with van der Waals surface area (Å²) in [6.45, 7) is 3.76. The number of esters is 2. The number of hydrogen-bond acceptors (Lipinski definition) is 11. The summed E-state index contributed by atoms with van der Waals surface area (Å²) >= 11 is 0. The van der Waals surface area contributed by atoms with E-state index >= 15 is 0 Å². The predicted molar refractivity (Wildman–Crippen MR) is 252 cm³/mol. The third-order valence-electron chi connectivity index (χ3n) is 11.8. The van der Waals surface area contributed by atoms with E-state index in [0.29, 0.717) is 12.8 Å². The Morgan fingerprint density at radius 1 is 0.540 bits per heavy atom. The van der Waals surface area contributed by atoms with E-state index in [0.717, 1.165) is 57.8 Å². The van der Waals surface area contributed by atoms with Crippen LogP contribution in [0.5, 0.6) is 0 Å². The molecule has 1 saturated heterocycles. The first-order valence-corrected chi connectivity index (χ1v) is 27.0. The smallest absolute Gasteiger partial charge is 0.306 e. The molecule has 63 heavy (non-hydrogen) atoms. The van der Waals surface area contributed by atoms with Gasteiger partial charge in [0.2, 0.25) is 0 Å². The summed E-state index contributed by atoms with van der Waals surface area (Å²) in [5.41, 5.74) is 0. The van der Waals surface area contributed by atoms with Crippen molar-refractivity contribution in [2.75, 3.05) is 19.0 Å². The number of rotatable bonds is 43. The zero-order valence-corrected chi connectivity index (χ0v) is 40.5. The van der Waals surface area contributed by atoms with Crippen LogP contribution < -0.4 is 0 Å². The van der Waals surface area contributed by atoms with Crippen molar-refractivity contribution in [3.8, 4) is 0 Å². The summed E-state index contributed by atoms with van der Waals surface area (Å²) in [7, 11) is -4.60. The molecule has 0 aromatic heterocycles. The normalized spacial score (nSPS) is 19.9. The van der Waals surface area contributed by atoms with Crippen molar-refractivity contribution in [1.29, 1.82) is 0 Å². The van der Waals surface area contributed by atoms with Crippen molar-refractivity contribution in [3.05, 3.63) is 24.3 Å². The number of aliphatic hydroxyl groups is 3. The van der Waals surface area contributed by atoms with E-state index in [1.54, 1.807) is 0 Å². The fourth-order valence-electron chi connectivity index (χ4n) is 7.83.